The summed E-state index contributed by atoms with van der Waals surface area (Å²) in [5, 5.41) is 17.8. The second-order valence-corrected chi connectivity index (χ2v) is 6.47. The first-order valence-corrected chi connectivity index (χ1v) is 8.19. The summed E-state index contributed by atoms with van der Waals surface area (Å²) >= 11 is 1.40. The number of Topliss-reactive ketones (excluding diaryl/α,β-unsaturated/α-hetero) is 1. The van der Waals surface area contributed by atoms with Gasteiger partial charge in [0.25, 0.3) is 0 Å². The quantitative estimate of drug-likeness (QED) is 0.750. The molecule has 1 aromatic carbocycles. The van der Waals surface area contributed by atoms with Gasteiger partial charge in [-0.15, -0.1) is 11.8 Å². The van der Waals surface area contributed by atoms with Gasteiger partial charge in [-0.25, -0.2) is 0 Å². The Hall–Kier alpha value is -1.82. The molecule has 2 N–H and O–H groups in total. The fraction of sp³-hybridized carbons (Fsp3) is 0.438. The van der Waals surface area contributed by atoms with Crippen LogP contribution in [-0.2, 0) is 16.0 Å². The third kappa shape index (κ3) is 4.34. The Balaban J connectivity index is 1.99. The number of ketones is 1. The Morgan fingerprint density at radius 1 is 1.23 bits per heavy atom. The molecule has 0 aromatic heterocycles. The first-order chi connectivity index (χ1) is 10.5. The summed E-state index contributed by atoms with van der Waals surface area (Å²) < 4.78 is 0. The van der Waals surface area contributed by atoms with Crippen molar-refractivity contribution in [2.24, 2.45) is 5.92 Å². The molecule has 0 heterocycles. The Kier molecular flexibility index (Phi) is 5.60. The molecule has 0 saturated heterocycles. The van der Waals surface area contributed by atoms with Crippen molar-refractivity contribution in [1.29, 1.82) is 0 Å². The third-order valence-corrected chi connectivity index (χ3v) is 4.89. The van der Waals surface area contributed by atoms with E-state index in [2.05, 4.69) is 0 Å². The number of carboxylic acid groups (broad SMARTS) is 2. The zero-order chi connectivity index (χ0) is 16.1. The van der Waals surface area contributed by atoms with Crippen molar-refractivity contribution >= 4 is 29.5 Å². The van der Waals surface area contributed by atoms with Crippen LogP contribution >= 0.6 is 11.8 Å². The highest BCUT2D eigenvalue weighted by Crippen LogP contribution is 2.28. The van der Waals surface area contributed by atoms with E-state index in [0.717, 1.165) is 28.9 Å². The molecule has 6 heteroatoms. The van der Waals surface area contributed by atoms with E-state index in [1.54, 1.807) is 0 Å². The molecule has 0 radical (unpaired) electrons. The van der Waals surface area contributed by atoms with E-state index in [-0.39, 0.29) is 18.6 Å². The Morgan fingerprint density at radius 3 is 2.68 bits per heavy atom. The van der Waals surface area contributed by atoms with Crippen molar-refractivity contribution < 1.29 is 24.6 Å². The van der Waals surface area contributed by atoms with Crippen molar-refractivity contribution in [3.8, 4) is 0 Å². The highest BCUT2D eigenvalue weighted by atomic mass is 32.2. The van der Waals surface area contributed by atoms with Gasteiger partial charge in [-0.1, -0.05) is 6.07 Å². The maximum absolute atomic E-state index is 11.8. The van der Waals surface area contributed by atoms with Crippen LogP contribution < -0.4 is 0 Å². The molecule has 1 unspecified atom stereocenters. The Bertz CT molecular complexity index is 596. The summed E-state index contributed by atoms with van der Waals surface area (Å²) in [5.41, 5.74) is 1.80. The zero-order valence-corrected chi connectivity index (χ0v) is 12.9. The van der Waals surface area contributed by atoms with E-state index in [4.69, 9.17) is 10.2 Å². The van der Waals surface area contributed by atoms with Crippen molar-refractivity contribution in [2.75, 3.05) is 5.75 Å². The van der Waals surface area contributed by atoms with Crippen LogP contribution in [0.4, 0.5) is 0 Å². The highest BCUT2D eigenvalue weighted by molar-refractivity contribution is 7.99. The summed E-state index contributed by atoms with van der Waals surface area (Å²) in [4.78, 5) is 34.4. The number of carbonyl (C=O) groups is 3. The number of carboxylic acids is 2. The molecular formula is C16H18O5S. The first kappa shape index (κ1) is 16.5. The normalized spacial score (nSPS) is 15.2. The SMILES string of the molecule is O=C(O)CCC(CSc1ccc2c(c1)CCCC2=O)C(=O)O. The Morgan fingerprint density at radius 2 is 2.00 bits per heavy atom. The number of rotatable bonds is 7. The minimum absolute atomic E-state index is 0.126. The standard InChI is InChI=1S/C16H18O5S/c17-14-3-1-2-10-8-12(5-6-13(10)14)22-9-11(16(20)21)4-7-15(18)19/h5-6,8,11H,1-4,7,9H2,(H,18,19)(H,20,21). The number of hydrogen-bond acceptors (Lipinski definition) is 4. The Labute approximate surface area is 132 Å². The average Bonchev–Trinajstić information content (AvgIpc) is 2.46. The van der Waals surface area contributed by atoms with Crippen LogP contribution in [0.1, 0.15) is 41.6 Å². The van der Waals surface area contributed by atoms with E-state index in [0.29, 0.717) is 12.2 Å². The van der Waals surface area contributed by atoms with Gasteiger partial charge in [0.05, 0.1) is 5.92 Å². The van der Waals surface area contributed by atoms with Crippen LogP contribution in [0.3, 0.4) is 0 Å². The second-order valence-electron chi connectivity index (χ2n) is 5.37. The molecule has 5 nitrogen and oxygen atoms in total. The molecule has 22 heavy (non-hydrogen) atoms. The van der Waals surface area contributed by atoms with Gasteiger partial charge in [-0.05, 0) is 37.0 Å². The molecule has 0 bridgehead atoms. The minimum Gasteiger partial charge on any atom is -0.481 e. The van der Waals surface area contributed by atoms with Crippen LogP contribution in [0.15, 0.2) is 23.1 Å². The minimum atomic E-state index is -0.983. The number of aryl methyl sites for hydroxylation is 1. The van der Waals surface area contributed by atoms with Crippen molar-refractivity contribution in [1.82, 2.24) is 0 Å². The van der Waals surface area contributed by atoms with Gasteiger partial charge in [0.2, 0.25) is 0 Å². The topological polar surface area (TPSA) is 91.7 Å². The lowest BCUT2D eigenvalue weighted by Crippen LogP contribution is -2.17. The predicted octanol–water partition coefficient (Wildman–Crippen LogP) is 2.86. The summed E-state index contributed by atoms with van der Waals surface area (Å²) in [7, 11) is 0. The molecule has 1 aromatic rings. The smallest absolute Gasteiger partial charge is 0.307 e. The van der Waals surface area contributed by atoms with Crippen LogP contribution in [0.2, 0.25) is 0 Å². The van der Waals surface area contributed by atoms with Crippen LogP contribution in [0, 0.1) is 5.92 Å². The molecule has 1 atom stereocenters. The molecule has 0 fully saturated rings. The maximum atomic E-state index is 11.8. The lowest BCUT2D eigenvalue weighted by molar-refractivity contribution is -0.142. The number of thioether (sulfide) groups is 1. The summed E-state index contributed by atoms with van der Waals surface area (Å²) in [6.07, 6.45) is 2.31. The molecule has 118 valence electrons. The summed E-state index contributed by atoms with van der Waals surface area (Å²) in [5.74, 6) is -2.14. The molecule has 1 aliphatic rings. The van der Waals surface area contributed by atoms with Gasteiger partial charge in [-0.2, -0.15) is 0 Å². The van der Waals surface area contributed by atoms with Crippen molar-refractivity contribution in [3.05, 3.63) is 29.3 Å². The zero-order valence-electron chi connectivity index (χ0n) is 12.1. The summed E-state index contributed by atoms with van der Waals surface area (Å²) in [6.45, 7) is 0. The fourth-order valence-electron chi connectivity index (χ4n) is 2.49. The van der Waals surface area contributed by atoms with Crippen LogP contribution in [0.25, 0.3) is 0 Å². The van der Waals surface area contributed by atoms with Gasteiger partial charge < -0.3 is 10.2 Å². The molecule has 0 aliphatic heterocycles. The van der Waals surface area contributed by atoms with E-state index in [1.165, 1.54) is 11.8 Å². The number of benzene rings is 1. The lowest BCUT2D eigenvalue weighted by atomic mass is 9.91. The van der Waals surface area contributed by atoms with Gasteiger partial charge in [0, 0.05) is 29.1 Å². The molecule has 1 aliphatic carbocycles. The number of hydrogen-bond donors (Lipinski definition) is 2. The molecule has 0 spiro atoms. The maximum Gasteiger partial charge on any atom is 0.307 e. The van der Waals surface area contributed by atoms with Gasteiger partial charge >= 0.3 is 11.9 Å². The number of carbonyl (C=O) groups excluding carboxylic acids is 1. The monoisotopic (exact) mass is 322 g/mol. The second kappa shape index (κ2) is 7.45. The average molecular weight is 322 g/mol. The molecule has 0 saturated carbocycles. The van der Waals surface area contributed by atoms with Gasteiger partial charge in [0.1, 0.15) is 0 Å². The largest absolute Gasteiger partial charge is 0.481 e. The van der Waals surface area contributed by atoms with E-state index < -0.39 is 17.9 Å². The van der Waals surface area contributed by atoms with Crippen molar-refractivity contribution in [3.63, 3.8) is 0 Å². The summed E-state index contributed by atoms with van der Waals surface area (Å²) in [6, 6.07) is 5.60. The third-order valence-electron chi connectivity index (χ3n) is 3.73. The molecule has 2 rings (SSSR count). The van der Waals surface area contributed by atoms with E-state index >= 15 is 0 Å². The van der Waals surface area contributed by atoms with E-state index in [9.17, 15) is 14.4 Å². The molecular weight excluding hydrogens is 304 g/mol. The fourth-order valence-corrected chi connectivity index (χ4v) is 3.58. The van der Waals surface area contributed by atoms with Gasteiger partial charge in [-0.3, -0.25) is 14.4 Å². The van der Waals surface area contributed by atoms with Crippen molar-refractivity contribution in [2.45, 2.75) is 37.0 Å². The number of fused-ring (bicyclic) bond motifs is 1. The predicted molar refractivity (Wildman–Crippen MR) is 82.4 cm³/mol. The number of aliphatic carboxylic acids is 2. The van der Waals surface area contributed by atoms with Crippen LogP contribution in [-0.4, -0.2) is 33.7 Å². The lowest BCUT2D eigenvalue weighted by Gasteiger charge is -2.16. The van der Waals surface area contributed by atoms with Gasteiger partial charge in [0.15, 0.2) is 5.78 Å². The highest BCUT2D eigenvalue weighted by Gasteiger charge is 2.20. The van der Waals surface area contributed by atoms with Crippen LogP contribution in [0.5, 0.6) is 0 Å². The molecule has 0 amide bonds. The first-order valence-electron chi connectivity index (χ1n) is 7.21. The van der Waals surface area contributed by atoms with E-state index in [1.807, 2.05) is 18.2 Å².